The van der Waals surface area contributed by atoms with Gasteiger partial charge in [0.05, 0.1) is 14.2 Å². The van der Waals surface area contributed by atoms with Crippen LogP contribution in [0.2, 0.25) is 0 Å². The van der Waals surface area contributed by atoms with Crippen LogP contribution in [0.3, 0.4) is 0 Å². The summed E-state index contributed by atoms with van der Waals surface area (Å²) in [7, 11) is 3.41. The first-order chi connectivity index (χ1) is 10.7. The molecule has 3 nitrogen and oxygen atoms in total. The maximum absolute atomic E-state index is 6.04. The van der Waals surface area contributed by atoms with Crippen LogP contribution in [0, 0.1) is 0 Å². The molecule has 1 unspecified atom stereocenters. The van der Waals surface area contributed by atoms with Crippen molar-refractivity contribution in [3.63, 3.8) is 0 Å². The Balaban J connectivity index is 2.34. The summed E-state index contributed by atoms with van der Waals surface area (Å²) in [4.78, 5) is 0. The van der Waals surface area contributed by atoms with Gasteiger partial charge in [-0.3, -0.25) is 0 Å². The lowest BCUT2D eigenvalue weighted by Crippen LogP contribution is -2.16. The van der Waals surface area contributed by atoms with E-state index in [1.54, 1.807) is 14.2 Å². The van der Waals surface area contributed by atoms with Crippen molar-refractivity contribution in [3.05, 3.63) is 59.2 Å². The largest absolute Gasteiger partial charge is 0.496 e. The Bertz CT molecular complexity index is 610. The summed E-state index contributed by atoms with van der Waals surface area (Å²) in [6.07, 6.45) is 1.85. The van der Waals surface area contributed by atoms with Crippen molar-refractivity contribution < 1.29 is 9.47 Å². The molecule has 0 amide bonds. The molecular weight excluding hydrogens is 274 g/mol. The average molecular weight is 299 g/mol. The van der Waals surface area contributed by atoms with Gasteiger partial charge in [-0.05, 0) is 48.2 Å². The van der Waals surface area contributed by atoms with E-state index >= 15 is 0 Å². The molecule has 3 heteroatoms. The first-order valence-electron chi connectivity index (χ1n) is 7.72. The number of hydrogen-bond acceptors (Lipinski definition) is 3. The highest BCUT2D eigenvalue weighted by Gasteiger charge is 2.17. The summed E-state index contributed by atoms with van der Waals surface area (Å²) in [5.41, 5.74) is 9.70. The number of benzene rings is 2. The predicted octanol–water partition coefficient (Wildman–Crippen LogP) is 3.55. The van der Waals surface area contributed by atoms with Gasteiger partial charge in [-0.2, -0.15) is 0 Å². The van der Waals surface area contributed by atoms with Crippen LogP contribution in [-0.2, 0) is 12.8 Å². The molecule has 22 heavy (non-hydrogen) atoms. The van der Waals surface area contributed by atoms with Crippen LogP contribution in [0.25, 0.3) is 0 Å². The molecule has 0 spiro atoms. The first kappa shape index (κ1) is 16.4. The molecule has 0 aliphatic heterocycles. The van der Waals surface area contributed by atoms with Crippen LogP contribution in [0.4, 0.5) is 0 Å². The SMILES string of the molecule is CCc1ccc(OC)c(CC(CN)c2ccccc2OC)c1. The van der Waals surface area contributed by atoms with Crippen molar-refractivity contribution in [1.82, 2.24) is 0 Å². The molecule has 118 valence electrons. The highest BCUT2D eigenvalue weighted by Crippen LogP contribution is 2.31. The molecule has 2 rings (SSSR count). The van der Waals surface area contributed by atoms with Gasteiger partial charge in [0.15, 0.2) is 0 Å². The Morgan fingerprint density at radius 2 is 1.73 bits per heavy atom. The van der Waals surface area contributed by atoms with Gasteiger partial charge in [-0.1, -0.05) is 37.3 Å². The second-order valence-corrected chi connectivity index (χ2v) is 5.38. The zero-order valence-electron chi connectivity index (χ0n) is 13.6. The quantitative estimate of drug-likeness (QED) is 0.850. The van der Waals surface area contributed by atoms with Crippen LogP contribution < -0.4 is 15.2 Å². The Labute approximate surface area is 133 Å². The van der Waals surface area contributed by atoms with Gasteiger partial charge in [-0.25, -0.2) is 0 Å². The zero-order chi connectivity index (χ0) is 15.9. The zero-order valence-corrected chi connectivity index (χ0v) is 13.6. The molecule has 0 aromatic heterocycles. The molecule has 0 saturated carbocycles. The van der Waals surface area contributed by atoms with Crippen molar-refractivity contribution in [2.75, 3.05) is 20.8 Å². The maximum Gasteiger partial charge on any atom is 0.122 e. The Morgan fingerprint density at radius 1 is 1.00 bits per heavy atom. The predicted molar refractivity (Wildman–Crippen MR) is 90.9 cm³/mol. The fourth-order valence-electron chi connectivity index (χ4n) is 2.80. The van der Waals surface area contributed by atoms with Gasteiger partial charge >= 0.3 is 0 Å². The van der Waals surface area contributed by atoms with Crippen molar-refractivity contribution in [3.8, 4) is 11.5 Å². The fraction of sp³-hybridized carbons (Fsp3) is 0.368. The lowest BCUT2D eigenvalue weighted by Gasteiger charge is -2.20. The van der Waals surface area contributed by atoms with E-state index in [2.05, 4.69) is 25.1 Å². The third-order valence-electron chi connectivity index (χ3n) is 4.08. The second kappa shape index (κ2) is 7.85. The average Bonchev–Trinajstić information content (AvgIpc) is 2.59. The van der Waals surface area contributed by atoms with Gasteiger partial charge in [0.2, 0.25) is 0 Å². The van der Waals surface area contributed by atoms with Gasteiger partial charge in [0.1, 0.15) is 11.5 Å². The molecule has 0 aliphatic rings. The smallest absolute Gasteiger partial charge is 0.122 e. The third-order valence-corrected chi connectivity index (χ3v) is 4.08. The number of nitrogens with two attached hydrogens (primary N) is 1. The van der Waals surface area contributed by atoms with E-state index in [4.69, 9.17) is 15.2 Å². The number of ether oxygens (including phenoxy) is 2. The molecule has 0 bridgehead atoms. The normalized spacial score (nSPS) is 12.0. The van der Waals surface area contributed by atoms with Crippen molar-refractivity contribution in [1.29, 1.82) is 0 Å². The van der Waals surface area contributed by atoms with Crippen LogP contribution in [0.15, 0.2) is 42.5 Å². The van der Waals surface area contributed by atoms with Gasteiger partial charge in [0.25, 0.3) is 0 Å². The highest BCUT2D eigenvalue weighted by molar-refractivity contribution is 5.42. The molecule has 2 N–H and O–H groups in total. The number of aryl methyl sites for hydroxylation is 1. The first-order valence-corrected chi connectivity index (χ1v) is 7.72. The second-order valence-electron chi connectivity index (χ2n) is 5.38. The number of para-hydroxylation sites is 1. The molecule has 0 radical (unpaired) electrons. The Hall–Kier alpha value is -2.00. The number of hydrogen-bond donors (Lipinski definition) is 1. The molecular formula is C19H25NO2. The summed E-state index contributed by atoms with van der Waals surface area (Å²) in [5, 5.41) is 0. The summed E-state index contributed by atoms with van der Waals surface area (Å²) < 4.78 is 11.0. The standard InChI is InChI=1S/C19H25NO2/c1-4-14-9-10-18(21-2)15(11-14)12-16(13-20)17-7-5-6-8-19(17)22-3/h5-11,16H,4,12-13,20H2,1-3H3. The summed E-state index contributed by atoms with van der Waals surface area (Å²) in [5.74, 6) is 2.02. The Kier molecular flexibility index (Phi) is 5.84. The fourth-order valence-corrected chi connectivity index (χ4v) is 2.80. The summed E-state index contributed by atoms with van der Waals surface area (Å²) in [6, 6.07) is 14.5. The summed E-state index contributed by atoms with van der Waals surface area (Å²) in [6.45, 7) is 2.73. The minimum absolute atomic E-state index is 0.206. The van der Waals surface area contributed by atoms with Crippen molar-refractivity contribution in [2.24, 2.45) is 5.73 Å². The maximum atomic E-state index is 6.04. The van der Waals surface area contributed by atoms with Gasteiger partial charge in [0, 0.05) is 5.92 Å². The molecule has 2 aromatic rings. The lowest BCUT2D eigenvalue weighted by atomic mass is 9.90. The van der Waals surface area contributed by atoms with Crippen molar-refractivity contribution in [2.45, 2.75) is 25.7 Å². The molecule has 0 aliphatic carbocycles. The highest BCUT2D eigenvalue weighted by atomic mass is 16.5. The lowest BCUT2D eigenvalue weighted by molar-refractivity contribution is 0.400. The minimum Gasteiger partial charge on any atom is -0.496 e. The topological polar surface area (TPSA) is 44.5 Å². The van der Waals surface area contributed by atoms with Crippen LogP contribution in [0.1, 0.15) is 29.5 Å². The van der Waals surface area contributed by atoms with Gasteiger partial charge < -0.3 is 15.2 Å². The molecule has 2 aromatic carbocycles. The van der Waals surface area contributed by atoms with E-state index in [0.717, 1.165) is 29.9 Å². The number of methoxy groups -OCH3 is 2. The van der Waals surface area contributed by atoms with Crippen LogP contribution in [0.5, 0.6) is 11.5 Å². The summed E-state index contributed by atoms with van der Waals surface area (Å²) >= 11 is 0. The van der Waals surface area contributed by atoms with E-state index in [0.29, 0.717) is 6.54 Å². The third kappa shape index (κ3) is 3.60. The van der Waals surface area contributed by atoms with E-state index < -0.39 is 0 Å². The van der Waals surface area contributed by atoms with E-state index in [1.165, 1.54) is 11.1 Å². The Morgan fingerprint density at radius 3 is 2.36 bits per heavy atom. The molecule has 0 saturated heterocycles. The number of rotatable bonds is 7. The minimum atomic E-state index is 0.206. The monoisotopic (exact) mass is 299 g/mol. The van der Waals surface area contributed by atoms with Crippen LogP contribution in [-0.4, -0.2) is 20.8 Å². The molecule has 1 atom stereocenters. The van der Waals surface area contributed by atoms with Crippen molar-refractivity contribution >= 4 is 0 Å². The molecule has 0 fully saturated rings. The van der Waals surface area contributed by atoms with E-state index in [9.17, 15) is 0 Å². The van der Waals surface area contributed by atoms with Crippen LogP contribution >= 0.6 is 0 Å². The van der Waals surface area contributed by atoms with E-state index in [1.807, 2.05) is 24.3 Å². The van der Waals surface area contributed by atoms with Gasteiger partial charge in [-0.15, -0.1) is 0 Å². The van der Waals surface area contributed by atoms with E-state index in [-0.39, 0.29) is 5.92 Å². The molecule has 0 heterocycles.